The van der Waals surface area contributed by atoms with Crippen molar-refractivity contribution in [2.75, 3.05) is 6.54 Å². The Morgan fingerprint density at radius 2 is 1.61 bits per heavy atom. The maximum Gasteiger partial charge on any atom is 0.241 e. The molecule has 2 rings (SSSR count). The third-order valence-electron chi connectivity index (χ3n) is 5.26. The average Bonchev–Trinajstić information content (AvgIpc) is 2.94. The summed E-state index contributed by atoms with van der Waals surface area (Å²) in [6, 6.07) is 0. The molecule has 1 amide bonds. The summed E-state index contributed by atoms with van der Waals surface area (Å²) in [6.45, 7) is 9.69. The second kappa shape index (κ2) is 8.54. The second-order valence-electron chi connectivity index (χ2n) is 6.88. The van der Waals surface area contributed by atoms with Crippen molar-refractivity contribution in [1.82, 2.24) is 24.8 Å². The van der Waals surface area contributed by atoms with Crippen molar-refractivity contribution >= 4 is 28.1 Å². The largest absolute Gasteiger partial charge is 0.349 e. The van der Waals surface area contributed by atoms with Crippen molar-refractivity contribution in [3.63, 3.8) is 0 Å². The third kappa shape index (κ3) is 4.50. The molecule has 0 saturated heterocycles. The fraction of sp³-hybridized carbons (Fsp3) is 0.500. The molecule has 28 heavy (non-hydrogen) atoms. The van der Waals surface area contributed by atoms with Crippen LogP contribution in [0.5, 0.6) is 0 Å². The summed E-state index contributed by atoms with van der Waals surface area (Å²) >= 11 is 5.01. The molecule has 0 spiro atoms. The van der Waals surface area contributed by atoms with Crippen LogP contribution in [0.3, 0.4) is 0 Å². The topological polar surface area (TPSA) is 109 Å². The maximum atomic E-state index is 12.8. The van der Waals surface area contributed by atoms with Crippen LogP contribution < -0.4 is 10.0 Å². The summed E-state index contributed by atoms with van der Waals surface area (Å²) in [5.41, 5.74) is 4.51. The Bertz CT molecular complexity index is 1040. The standard InChI is InChI=1S/C18H27N5O3S2/c1-10-11(2)13(4)17(14(5)12(10)3)28(25,26)20-8-7-16(24)19-9-15-21-22-18(27)23(15)6/h20H,7-9H2,1-6H3,(H,19,24)(H,22,27). The molecule has 1 aromatic heterocycles. The van der Waals surface area contributed by atoms with Gasteiger partial charge in [0.25, 0.3) is 0 Å². The number of carbonyl (C=O) groups is 1. The number of nitrogens with one attached hydrogen (secondary N) is 3. The van der Waals surface area contributed by atoms with E-state index in [1.165, 1.54) is 0 Å². The predicted octanol–water partition coefficient (Wildman–Crippen LogP) is 2.00. The number of H-pyrrole nitrogens is 1. The van der Waals surface area contributed by atoms with Gasteiger partial charge in [0.2, 0.25) is 15.9 Å². The monoisotopic (exact) mass is 425 g/mol. The van der Waals surface area contributed by atoms with E-state index in [1.54, 1.807) is 11.6 Å². The van der Waals surface area contributed by atoms with Crippen molar-refractivity contribution in [2.45, 2.75) is 52.5 Å². The van der Waals surface area contributed by atoms with Gasteiger partial charge in [-0.05, 0) is 74.7 Å². The third-order valence-corrected chi connectivity index (χ3v) is 7.36. The summed E-state index contributed by atoms with van der Waals surface area (Å²) in [4.78, 5) is 12.3. The summed E-state index contributed by atoms with van der Waals surface area (Å²) in [5.74, 6) is 0.317. The van der Waals surface area contributed by atoms with Crippen molar-refractivity contribution < 1.29 is 13.2 Å². The van der Waals surface area contributed by atoms with E-state index in [-0.39, 0.29) is 25.4 Å². The molecule has 0 aliphatic heterocycles. The second-order valence-corrected chi connectivity index (χ2v) is 8.97. The van der Waals surface area contributed by atoms with Crippen molar-refractivity contribution in [3.05, 3.63) is 38.4 Å². The minimum absolute atomic E-state index is 0.0119. The quantitative estimate of drug-likeness (QED) is 0.588. The van der Waals surface area contributed by atoms with E-state index in [2.05, 4.69) is 20.2 Å². The van der Waals surface area contributed by atoms with Crippen molar-refractivity contribution in [1.29, 1.82) is 0 Å². The van der Waals surface area contributed by atoms with Crippen LogP contribution in [0.15, 0.2) is 4.90 Å². The first kappa shape index (κ1) is 22.3. The molecule has 8 nitrogen and oxygen atoms in total. The highest BCUT2D eigenvalue weighted by molar-refractivity contribution is 7.89. The van der Waals surface area contributed by atoms with Gasteiger partial charge in [-0.2, -0.15) is 5.10 Å². The summed E-state index contributed by atoms with van der Waals surface area (Å²) in [7, 11) is -1.97. The Morgan fingerprint density at radius 3 is 2.11 bits per heavy atom. The molecule has 1 heterocycles. The Morgan fingerprint density at radius 1 is 1.07 bits per heavy atom. The Hall–Kier alpha value is -2.04. The first-order chi connectivity index (χ1) is 13.0. The summed E-state index contributed by atoms with van der Waals surface area (Å²) in [6.07, 6.45) is 0.0238. The SMILES string of the molecule is Cc1c(C)c(C)c(S(=O)(=O)NCCC(=O)NCc2n[nH]c(=S)n2C)c(C)c1C. The zero-order valence-corrected chi connectivity index (χ0v) is 18.7. The van der Waals surface area contributed by atoms with Crippen LogP contribution in [0.2, 0.25) is 0 Å². The van der Waals surface area contributed by atoms with Gasteiger partial charge in [-0.25, -0.2) is 13.1 Å². The van der Waals surface area contributed by atoms with E-state index in [0.29, 0.717) is 15.5 Å². The molecule has 0 atom stereocenters. The Labute approximate surface area is 170 Å². The minimum Gasteiger partial charge on any atom is -0.349 e. The highest BCUT2D eigenvalue weighted by Crippen LogP contribution is 2.29. The van der Waals surface area contributed by atoms with E-state index in [4.69, 9.17) is 12.2 Å². The van der Waals surface area contributed by atoms with Gasteiger partial charge in [-0.1, -0.05) is 0 Å². The van der Waals surface area contributed by atoms with Gasteiger partial charge in [0, 0.05) is 20.0 Å². The van der Waals surface area contributed by atoms with E-state index < -0.39 is 10.0 Å². The average molecular weight is 426 g/mol. The van der Waals surface area contributed by atoms with Crippen LogP contribution in [-0.4, -0.2) is 35.6 Å². The van der Waals surface area contributed by atoms with E-state index in [1.807, 2.05) is 34.6 Å². The fourth-order valence-electron chi connectivity index (χ4n) is 3.04. The number of hydrogen-bond donors (Lipinski definition) is 3. The van der Waals surface area contributed by atoms with E-state index in [9.17, 15) is 13.2 Å². The molecule has 10 heteroatoms. The van der Waals surface area contributed by atoms with Gasteiger partial charge in [0.15, 0.2) is 10.6 Å². The molecule has 2 aromatic rings. The molecule has 3 N–H and O–H groups in total. The zero-order valence-electron chi connectivity index (χ0n) is 17.1. The number of hydrogen-bond acceptors (Lipinski definition) is 5. The molecule has 0 unspecified atom stereocenters. The van der Waals surface area contributed by atoms with Crippen LogP contribution in [0.25, 0.3) is 0 Å². The van der Waals surface area contributed by atoms with Crippen molar-refractivity contribution in [3.8, 4) is 0 Å². The molecule has 0 saturated carbocycles. The van der Waals surface area contributed by atoms with Gasteiger partial charge in [0.05, 0.1) is 11.4 Å². The number of amides is 1. The number of benzene rings is 1. The van der Waals surface area contributed by atoms with Gasteiger partial charge < -0.3 is 9.88 Å². The first-order valence-electron chi connectivity index (χ1n) is 8.91. The lowest BCUT2D eigenvalue weighted by Gasteiger charge is -2.19. The van der Waals surface area contributed by atoms with Crippen LogP contribution >= 0.6 is 12.2 Å². The fourth-order valence-corrected chi connectivity index (χ4v) is 4.82. The van der Waals surface area contributed by atoms with E-state index in [0.717, 1.165) is 27.8 Å². The molecule has 154 valence electrons. The zero-order chi connectivity index (χ0) is 21.2. The molecule has 0 aliphatic carbocycles. The Balaban J connectivity index is 2.01. The Kier molecular flexibility index (Phi) is 6.79. The summed E-state index contributed by atoms with van der Waals surface area (Å²) < 4.78 is 30.3. The molecule has 0 bridgehead atoms. The van der Waals surface area contributed by atoms with Gasteiger partial charge in [-0.15, -0.1) is 0 Å². The van der Waals surface area contributed by atoms with Crippen molar-refractivity contribution in [2.24, 2.45) is 7.05 Å². The number of rotatable bonds is 7. The molecule has 0 aliphatic rings. The highest BCUT2D eigenvalue weighted by atomic mass is 32.2. The van der Waals surface area contributed by atoms with Gasteiger partial charge >= 0.3 is 0 Å². The summed E-state index contributed by atoms with van der Waals surface area (Å²) in [5, 5.41) is 9.35. The first-order valence-corrected chi connectivity index (χ1v) is 10.8. The normalized spacial score (nSPS) is 11.6. The maximum absolute atomic E-state index is 12.8. The lowest BCUT2D eigenvalue weighted by molar-refractivity contribution is -0.121. The number of nitrogens with zero attached hydrogens (tertiary/aromatic N) is 2. The van der Waals surface area contributed by atoms with Crippen LogP contribution in [0.4, 0.5) is 0 Å². The lowest BCUT2D eigenvalue weighted by Crippen LogP contribution is -2.32. The van der Waals surface area contributed by atoms with Gasteiger partial charge in [-0.3, -0.25) is 9.89 Å². The number of aromatic nitrogens is 3. The highest BCUT2D eigenvalue weighted by Gasteiger charge is 2.23. The molecular weight excluding hydrogens is 398 g/mol. The molecule has 0 radical (unpaired) electrons. The molecule has 0 fully saturated rings. The van der Waals surface area contributed by atoms with E-state index >= 15 is 0 Å². The molecule has 1 aromatic carbocycles. The number of aromatic amines is 1. The molecular formula is C18H27N5O3S2. The predicted molar refractivity (Wildman–Crippen MR) is 110 cm³/mol. The lowest BCUT2D eigenvalue weighted by atomic mass is 9.95. The smallest absolute Gasteiger partial charge is 0.241 e. The van der Waals surface area contributed by atoms with Gasteiger partial charge in [0.1, 0.15) is 0 Å². The number of carbonyl (C=O) groups excluding carboxylic acids is 1. The van der Waals surface area contributed by atoms with Crippen LogP contribution in [0.1, 0.15) is 40.1 Å². The number of sulfonamides is 1. The van der Waals surface area contributed by atoms with Crippen LogP contribution in [0, 0.1) is 39.4 Å². The van der Waals surface area contributed by atoms with Crippen LogP contribution in [-0.2, 0) is 28.4 Å². The minimum atomic E-state index is -3.71.